The molecule has 0 saturated heterocycles. The molecule has 0 bridgehead atoms. The number of nitrogens with one attached hydrogen (secondary N) is 2. The van der Waals surface area contributed by atoms with Gasteiger partial charge in [0.05, 0.1) is 17.6 Å². The number of thiophene rings is 1. The summed E-state index contributed by atoms with van der Waals surface area (Å²) >= 11 is 6.52. The first-order valence-corrected chi connectivity index (χ1v) is 9.09. The van der Waals surface area contributed by atoms with E-state index in [0.717, 1.165) is 22.5 Å². The predicted octanol–water partition coefficient (Wildman–Crippen LogP) is 3.89. The lowest BCUT2D eigenvalue weighted by molar-refractivity contribution is -0.113. The van der Waals surface area contributed by atoms with Crippen molar-refractivity contribution in [1.29, 1.82) is 0 Å². The number of esters is 1. The van der Waals surface area contributed by atoms with Gasteiger partial charge in [0.25, 0.3) is 5.91 Å². The lowest BCUT2D eigenvalue weighted by atomic mass is 10.1. The van der Waals surface area contributed by atoms with Crippen LogP contribution in [0.25, 0.3) is 0 Å². The molecule has 0 aliphatic carbocycles. The number of carbonyl (C=O) groups is 3. The molecule has 0 fully saturated rings. The van der Waals surface area contributed by atoms with E-state index in [1.54, 1.807) is 6.92 Å². The molecule has 1 aromatic carbocycles. The molecule has 0 aliphatic heterocycles. The maximum atomic E-state index is 12.7. The Bertz CT molecular complexity index is 876. The third-order valence-corrected chi connectivity index (χ3v) is 5.20. The van der Waals surface area contributed by atoms with Gasteiger partial charge >= 0.3 is 5.97 Å². The van der Waals surface area contributed by atoms with Gasteiger partial charge in [-0.15, -0.1) is 22.9 Å². The van der Waals surface area contributed by atoms with Crippen LogP contribution in [-0.2, 0) is 9.53 Å². The van der Waals surface area contributed by atoms with Crippen LogP contribution in [0.4, 0.5) is 10.7 Å². The number of amides is 2. The highest BCUT2D eigenvalue weighted by molar-refractivity contribution is 7.19. The van der Waals surface area contributed by atoms with E-state index >= 15 is 0 Å². The lowest BCUT2D eigenvalue weighted by Crippen LogP contribution is -2.15. The zero-order chi connectivity index (χ0) is 19.4. The lowest BCUT2D eigenvalue weighted by Gasteiger charge is -2.08. The van der Waals surface area contributed by atoms with Gasteiger partial charge in [-0.3, -0.25) is 9.59 Å². The van der Waals surface area contributed by atoms with E-state index in [1.807, 2.05) is 32.0 Å². The zero-order valence-corrected chi connectivity index (χ0v) is 16.4. The van der Waals surface area contributed by atoms with Gasteiger partial charge in [0.15, 0.2) is 0 Å². The number of aryl methyl sites for hydroxylation is 2. The normalized spacial score (nSPS) is 10.3. The van der Waals surface area contributed by atoms with Crippen molar-refractivity contribution >= 4 is 51.4 Å². The largest absolute Gasteiger partial charge is 0.465 e. The van der Waals surface area contributed by atoms with E-state index in [1.165, 1.54) is 7.11 Å². The second kappa shape index (κ2) is 8.33. The molecule has 1 heterocycles. The molecule has 2 aromatic rings. The number of methoxy groups -OCH3 is 1. The fourth-order valence-corrected chi connectivity index (χ4v) is 3.63. The van der Waals surface area contributed by atoms with Crippen LogP contribution in [0.3, 0.4) is 0 Å². The summed E-state index contributed by atoms with van der Waals surface area (Å²) in [5, 5.41) is 5.62. The molecular weight excluding hydrogens is 376 g/mol. The Morgan fingerprint density at radius 2 is 1.85 bits per heavy atom. The number of hydrogen-bond donors (Lipinski definition) is 2. The molecule has 138 valence electrons. The van der Waals surface area contributed by atoms with Gasteiger partial charge in [-0.1, -0.05) is 17.7 Å². The number of carbonyl (C=O) groups excluding carboxylic acids is 3. The van der Waals surface area contributed by atoms with Gasteiger partial charge in [0.2, 0.25) is 5.91 Å². The van der Waals surface area contributed by atoms with Crippen molar-refractivity contribution in [3.8, 4) is 0 Å². The fraction of sp³-hybridized carbons (Fsp3) is 0.278. The highest BCUT2D eigenvalue weighted by Gasteiger charge is 2.26. The Balaban J connectivity index is 2.40. The van der Waals surface area contributed by atoms with Crippen LogP contribution >= 0.6 is 22.9 Å². The van der Waals surface area contributed by atoms with Crippen molar-refractivity contribution in [2.75, 3.05) is 23.6 Å². The molecule has 2 N–H and O–H groups in total. The van der Waals surface area contributed by atoms with Crippen molar-refractivity contribution in [1.82, 2.24) is 0 Å². The Labute approximate surface area is 160 Å². The monoisotopic (exact) mass is 394 g/mol. The summed E-state index contributed by atoms with van der Waals surface area (Å²) < 4.78 is 4.77. The van der Waals surface area contributed by atoms with Crippen LogP contribution in [0.5, 0.6) is 0 Å². The third kappa shape index (κ3) is 4.23. The second-order valence-corrected chi connectivity index (χ2v) is 6.99. The van der Waals surface area contributed by atoms with Crippen molar-refractivity contribution in [3.05, 3.63) is 45.3 Å². The Hall–Kier alpha value is -2.38. The standard InChI is InChI=1S/C18H19ClN2O4S/c1-9-5-6-12(10(2)7-9)20-16(23)15-11(3)14(18(24)25-4)17(26-15)21-13(22)8-19/h5-7H,8H2,1-4H3,(H,20,23)(H,21,22). The number of halogens is 1. The van der Waals surface area contributed by atoms with Gasteiger partial charge in [-0.2, -0.15) is 0 Å². The first-order chi connectivity index (χ1) is 12.3. The van der Waals surface area contributed by atoms with Crippen molar-refractivity contribution in [3.63, 3.8) is 0 Å². The SMILES string of the molecule is COC(=O)c1c(NC(=O)CCl)sc(C(=O)Nc2ccc(C)cc2C)c1C. The molecule has 1 aromatic heterocycles. The fourth-order valence-electron chi connectivity index (χ4n) is 2.46. The zero-order valence-electron chi connectivity index (χ0n) is 14.9. The minimum absolute atomic E-state index is 0.154. The molecule has 8 heteroatoms. The average molecular weight is 395 g/mol. The maximum absolute atomic E-state index is 12.7. The highest BCUT2D eigenvalue weighted by Crippen LogP contribution is 2.34. The van der Waals surface area contributed by atoms with Gasteiger partial charge in [0.1, 0.15) is 10.9 Å². The van der Waals surface area contributed by atoms with E-state index in [4.69, 9.17) is 16.3 Å². The van der Waals surface area contributed by atoms with Crippen LogP contribution < -0.4 is 10.6 Å². The van der Waals surface area contributed by atoms with Gasteiger partial charge in [-0.25, -0.2) is 4.79 Å². The average Bonchev–Trinajstić information content (AvgIpc) is 2.92. The summed E-state index contributed by atoms with van der Waals surface area (Å²) in [4.78, 5) is 36.7. The maximum Gasteiger partial charge on any atom is 0.341 e. The molecule has 0 spiro atoms. The minimum atomic E-state index is -0.630. The first kappa shape index (κ1) is 19.9. The third-order valence-electron chi connectivity index (χ3n) is 3.75. The molecule has 0 saturated carbocycles. The van der Waals surface area contributed by atoms with E-state index in [0.29, 0.717) is 16.1 Å². The Morgan fingerprint density at radius 1 is 1.15 bits per heavy atom. The molecule has 0 aliphatic rings. The van der Waals surface area contributed by atoms with Gasteiger partial charge in [-0.05, 0) is 38.0 Å². The number of rotatable bonds is 5. The number of hydrogen-bond acceptors (Lipinski definition) is 5. The summed E-state index contributed by atoms with van der Waals surface area (Å²) in [5.74, 6) is -1.73. The van der Waals surface area contributed by atoms with Gasteiger partial charge < -0.3 is 15.4 Å². The van der Waals surface area contributed by atoms with Crippen LogP contribution in [0.1, 0.15) is 36.7 Å². The van der Waals surface area contributed by atoms with Crippen molar-refractivity contribution < 1.29 is 19.1 Å². The topological polar surface area (TPSA) is 84.5 Å². The van der Waals surface area contributed by atoms with Crippen LogP contribution in [0.15, 0.2) is 18.2 Å². The highest BCUT2D eigenvalue weighted by atomic mass is 35.5. The molecule has 2 amide bonds. The van der Waals surface area contributed by atoms with Crippen LogP contribution in [0, 0.1) is 20.8 Å². The summed E-state index contributed by atoms with van der Waals surface area (Å²) in [5.41, 5.74) is 3.29. The molecule has 2 rings (SSSR count). The van der Waals surface area contributed by atoms with E-state index in [9.17, 15) is 14.4 Å². The second-order valence-electron chi connectivity index (χ2n) is 5.71. The summed E-state index contributed by atoms with van der Waals surface area (Å²) in [7, 11) is 1.24. The predicted molar refractivity (Wildman–Crippen MR) is 104 cm³/mol. The summed E-state index contributed by atoms with van der Waals surface area (Å²) in [6.07, 6.45) is 0. The summed E-state index contributed by atoms with van der Waals surface area (Å²) in [6, 6.07) is 5.68. The molecular formula is C18H19ClN2O4S. The van der Waals surface area contributed by atoms with Crippen LogP contribution in [-0.4, -0.2) is 30.8 Å². The van der Waals surface area contributed by atoms with Crippen molar-refractivity contribution in [2.24, 2.45) is 0 Å². The molecule has 0 radical (unpaired) electrons. The minimum Gasteiger partial charge on any atom is -0.465 e. The smallest absolute Gasteiger partial charge is 0.341 e. The molecule has 0 atom stereocenters. The van der Waals surface area contributed by atoms with E-state index < -0.39 is 11.9 Å². The Morgan fingerprint density at radius 3 is 2.42 bits per heavy atom. The first-order valence-electron chi connectivity index (χ1n) is 7.74. The van der Waals surface area contributed by atoms with E-state index in [-0.39, 0.29) is 22.4 Å². The van der Waals surface area contributed by atoms with Crippen molar-refractivity contribution in [2.45, 2.75) is 20.8 Å². The molecule has 6 nitrogen and oxygen atoms in total. The number of benzene rings is 1. The number of anilines is 2. The van der Waals surface area contributed by atoms with Crippen LogP contribution in [0.2, 0.25) is 0 Å². The summed E-state index contributed by atoms with van der Waals surface area (Å²) in [6.45, 7) is 5.50. The van der Waals surface area contributed by atoms with Gasteiger partial charge in [0, 0.05) is 5.69 Å². The Kier molecular flexibility index (Phi) is 6.39. The number of alkyl halides is 1. The number of ether oxygens (including phenoxy) is 1. The molecule has 26 heavy (non-hydrogen) atoms. The van der Waals surface area contributed by atoms with E-state index in [2.05, 4.69) is 10.6 Å². The quantitative estimate of drug-likeness (QED) is 0.595. The molecule has 0 unspecified atom stereocenters.